The molecule has 2 atom stereocenters. The number of likely N-dealkylation sites (tertiary alicyclic amines) is 1. The van der Waals surface area contributed by atoms with Gasteiger partial charge in [0.25, 0.3) is 5.91 Å². The quantitative estimate of drug-likeness (QED) is 0.676. The molecule has 0 unspecified atom stereocenters. The zero-order valence-electron chi connectivity index (χ0n) is 17.2. The molecule has 1 N–H and O–H groups in total. The topological polar surface area (TPSA) is 84.9 Å². The van der Waals surface area contributed by atoms with Crippen LogP contribution < -0.4 is 10.1 Å². The van der Waals surface area contributed by atoms with Gasteiger partial charge < -0.3 is 19.7 Å². The smallest absolute Gasteiger partial charge is 0.311 e. The fourth-order valence-corrected chi connectivity index (χ4v) is 3.42. The van der Waals surface area contributed by atoms with Crippen LogP contribution in [0.25, 0.3) is 0 Å². The Morgan fingerprint density at radius 2 is 1.83 bits per heavy atom. The van der Waals surface area contributed by atoms with Crippen LogP contribution in [0.15, 0.2) is 54.6 Å². The van der Waals surface area contributed by atoms with Crippen LogP contribution in [0.2, 0.25) is 0 Å². The first kappa shape index (κ1) is 21.4. The summed E-state index contributed by atoms with van der Waals surface area (Å²) in [5.74, 6) is -0.820. The number of esters is 1. The lowest BCUT2D eigenvalue weighted by atomic mass is 10.1. The number of amides is 2. The van der Waals surface area contributed by atoms with Gasteiger partial charge in [-0.3, -0.25) is 14.4 Å². The predicted octanol–water partition coefficient (Wildman–Crippen LogP) is 2.46. The summed E-state index contributed by atoms with van der Waals surface area (Å²) in [6.07, 6.45) is 0.101. The number of carbonyl (C=O) groups excluding carboxylic acids is 3. The molecule has 7 nitrogen and oxygen atoms in total. The Morgan fingerprint density at radius 1 is 1.13 bits per heavy atom. The molecule has 0 radical (unpaired) electrons. The normalized spacial score (nSPS) is 16.8. The van der Waals surface area contributed by atoms with E-state index in [0.717, 1.165) is 16.9 Å². The van der Waals surface area contributed by atoms with Gasteiger partial charge in [-0.2, -0.15) is 0 Å². The lowest BCUT2D eigenvalue weighted by Gasteiger charge is -2.25. The Balaban J connectivity index is 1.44. The number of methoxy groups -OCH3 is 1. The van der Waals surface area contributed by atoms with Gasteiger partial charge in [0.15, 0.2) is 6.61 Å². The highest BCUT2D eigenvalue weighted by Gasteiger charge is 2.38. The Bertz CT molecular complexity index is 882. The van der Waals surface area contributed by atoms with Crippen LogP contribution in [0.3, 0.4) is 0 Å². The standard InChI is InChI=1S/C23H26N2O5/c1-16(18-6-4-3-5-7-18)25-14-19(12-22(25)27)23(28)30-15-21(26)24-13-17-8-10-20(29-2)11-9-17/h3-11,16,19H,12-15H2,1-2H3,(H,24,26)/t16-,19-/m0/s1. The van der Waals surface area contributed by atoms with Crippen molar-refractivity contribution in [1.82, 2.24) is 10.2 Å². The molecule has 2 aromatic rings. The predicted molar refractivity (Wildman–Crippen MR) is 110 cm³/mol. The second kappa shape index (κ2) is 9.91. The molecule has 3 rings (SSSR count). The minimum absolute atomic E-state index is 0.0859. The number of nitrogens with zero attached hydrogens (tertiary/aromatic N) is 1. The molecular formula is C23H26N2O5. The van der Waals surface area contributed by atoms with Gasteiger partial charge >= 0.3 is 5.97 Å². The zero-order valence-corrected chi connectivity index (χ0v) is 17.2. The van der Waals surface area contributed by atoms with Crippen LogP contribution in [0.4, 0.5) is 0 Å². The summed E-state index contributed by atoms with van der Waals surface area (Å²) in [6.45, 7) is 2.19. The van der Waals surface area contributed by atoms with E-state index in [0.29, 0.717) is 13.1 Å². The van der Waals surface area contributed by atoms with Crippen molar-refractivity contribution in [3.05, 3.63) is 65.7 Å². The van der Waals surface area contributed by atoms with E-state index in [4.69, 9.17) is 9.47 Å². The summed E-state index contributed by atoms with van der Waals surface area (Å²) < 4.78 is 10.2. The first-order valence-electron chi connectivity index (χ1n) is 9.88. The Labute approximate surface area is 176 Å². The molecule has 1 aliphatic heterocycles. The average molecular weight is 410 g/mol. The van der Waals surface area contributed by atoms with E-state index in [1.165, 1.54) is 0 Å². The van der Waals surface area contributed by atoms with Crippen molar-refractivity contribution in [3.8, 4) is 5.75 Å². The maximum Gasteiger partial charge on any atom is 0.311 e. The average Bonchev–Trinajstić information content (AvgIpc) is 3.18. The number of carbonyl (C=O) groups is 3. The molecular weight excluding hydrogens is 384 g/mol. The second-order valence-electron chi connectivity index (χ2n) is 7.27. The van der Waals surface area contributed by atoms with Crippen molar-refractivity contribution in [1.29, 1.82) is 0 Å². The Kier molecular flexibility index (Phi) is 7.06. The number of nitrogens with one attached hydrogen (secondary N) is 1. The molecule has 0 bridgehead atoms. The first-order valence-corrected chi connectivity index (χ1v) is 9.88. The molecule has 1 heterocycles. The maximum atomic E-state index is 12.4. The number of rotatable bonds is 8. The van der Waals surface area contributed by atoms with Crippen molar-refractivity contribution < 1.29 is 23.9 Å². The van der Waals surface area contributed by atoms with E-state index in [1.54, 1.807) is 24.1 Å². The van der Waals surface area contributed by atoms with Gasteiger partial charge in [-0.05, 0) is 30.2 Å². The molecule has 30 heavy (non-hydrogen) atoms. The van der Waals surface area contributed by atoms with E-state index in [-0.39, 0.29) is 25.0 Å². The molecule has 0 saturated carbocycles. The summed E-state index contributed by atoms with van der Waals surface area (Å²) in [6, 6.07) is 16.8. The van der Waals surface area contributed by atoms with Gasteiger partial charge in [0.2, 0.25) is 5.91 Å². The first-order chi connectivity index (χ1) is 14.5. The second-order valence-corrected chi connectivity index (χ2v) is 7.27. The van der Waals surface area contributed by atoms with E-state index in [9.17, 15) is 14.4 Å². The van der Waals surface area contributed by atoms with E-state index >= 15 is 0 Å². The van der Waals surface area contributed by atoms with Crippen molar-refractivity contribution in [3.63, 3.8) is 0 Å². The highest BCUT2D eigenvalue weighted by molar-refractivity contribution is 5.88. The van der Waals surface area contributed by atoms with Crippen molar-refractivity contribution in [2.45, 2.75) is 25.9 Å². The van der Waals surface area contributed by atoms with Gasteiger partial charge in [-0.1, -0.05) is 42.5 Å². The fraction of sp³-hybridized carbons (Fsp3) is 0.348. The van der Waals surface area contributed by atoms with Gasteiger partial charge in [0.05, 0.1) is 19.1 Å². The van der Waals surface area contributed by atoms with E-state index < -0.39 is 17.8 Å². The lowest BCUT2D eigenvalue weighted by Crippen LogP contribution is -2.32. The number of hydrogen-bond acceptors (Lipinski definition) is 5. The molecule has 1 fully saturated rings. The van der Waals surface area contributed by atoms with Gasteiger partial charge in [-0.15, -0.1) is 0 Å². The summed E-state index contributed by atoms with van der Waals surface area (Å²) in [5.41, 5.74) is 1.92. The van der Waals surface area contributed by atoms with Crippen LogP contribution in [0.5, 0.6) is 5.75 Å². The highest BCUT2D eigenvalue weighted by Crippen LogP contribution is 2.28. The Morgan fingerprint density at radius 3 is 2.50 bits per heavy atom. The summed E-state index contributed by atoms with van der Waals surface area (Å²) in [4.78, 5) is 38.4. The molecule has 2 amide bonds. The van der Waals surface area contributed by atoms with Gasteiger partial charge in [-0.25, -0.2) is 0 Å². The molecule has 7 heteroatoms. The van der Waals surface area contributed by atoms with Gasteiger partial charge in [0, 0.05) is 19.5 Å². The highest BCUT2D eigenvalue weighted by atomic mass is 16.5. The summed E-state index contributed by atoms with van der Waals surface area (Å²) in [7, 11) is 1.59. The van der Waals surface area contributed by atoms with Crippen LogP contribution in [-0.2, 0) is 25.7 Å². The lowest BCUT2D eigenvalue weighted by molar-refractivity contribution is -0.152. The number of ether oxygens (including phenoxy) is 2. The molecule has 1 aliphatic rings. The third-order valence-electron chi connectivity index (χ3n) is 5.24. The SMILES string of the molecule is COc1ccc(CNC(=O)COC(=O)[C@H]2CC(=O)N([C@@H](C)c3ccccc3)C2)cc1. The summed E-state index contributed by atoms with van der Waals surface area (Å²) >= 11 is 0. The van der Waals surface area contributed by atoms with Crippen LogP contribution in [0.1, 0.15) is 30.5 Å². The summed E-state index contributed by atoms with van der Waals surface area (Å²) in [5, 5.41) is 2.71. The van der Waals surface area contributed by atoms with Gasteiger partial charge in [0.1, 0.15) is 5.75 Å². The maximum absolute atomic E-state index is 12.4. The molecule has 0 aliphatic carbocycles. The number of benzene rings is 2. The minimum atomic E-state index is -0.557. The third-order valence-corrected chi connectivity index (χ3v) is 5.24. The van der Waals surface area contributed by atoms with E-state index in [1.807, 2.05) is 49.4 Å². The van der Waals surface area contributed by atoms with Crippen LogP contribution >= 0.6 is 0 Å². The van der Waals surface area contributed by atoms with E-state index in [2.05, 4.69) is 5.32 Å². The fourth-order valence-electron chi connectivity index (χ4n) is 3.42. The van der Waals surface area contributed by atoms with Crippen molar-refractivity contribution in [2.24, 2.45) is 5.92 Å². The van der Waals surface area contributed by atoms with Crippen molar-refractivity contribution in [2.75, 3.05) is 20.3 Å². The molecule has 1 saturated heterocycles. The molecule has 158 valence electrons. The van der Waals surface area contributed by atoms with Crippen LogP contribution in [0, 0.1) is 5.92 Å². The third kappa shape index (κ3) is 5.37. The largest absolute Gasteiger partial charge is 0.497 e. The minimum Gasteiger partial charge on any atom is -0.497 e. The molecule has 0 aromatic heterocycles. The van der Waals surface area contributed by atoms with Crippen molar-refractivity contribution >= 4 is 17.8 Å². The molecule has 2 aromatic carbocycles. The Hall–Kier alpha value is -3.35. The zero-order chi connectivity index (χ0) is 21.5. The number of hydrogen-bond donors (Lipinski definition) is 1. The monoisotopic (exact) mass is 410 g/mol. The van der Waals surface area contributed by atoms with Crippen LogP contribution in [-0.4, -0.2) is 42.9 Å². The molecule has 0 spiro atoms.